The third-order valence-electron chi connectivity index (χ3n) is 2.64. The third kappa shape index (κ3) is 2.75. The number of likely N-dealkylation sites (tertiary alicyclic amines) is 1. The minimum atomic E-state index is -0.0492. The van der Waals surface area contributed by atoms with Crippen LogP contribution < -0.4 is 5.32 Å². The van der Waals surface area contributed by atoms with E-state index in [4.69, 9.17) is 4.42 Å². The van der Waals surface area contributed by atoms with Crippen LogP contribution in [0.15, 0.2) is 22.8 Å². The molecule has 0 bridgehead atoms. The van der Waals surface area contributed by atoms with Gasteiger partial charge in [0.25, 0.3) is 0 Å². The number of anilines is 1. The molecular weight excluding hydrogens is 192 g/mol. The van der Waals surface area contributed by atoms with Crippen LogP contribution in [0.2, 0.25) is 0 Å². The van der Waals surface area contributed by atoms with Crippen molar-refractivity contribution in [2.75, 3.05) is 18.4 Å². The Morgan fingerprint density at radius 3 is 2.60 bits per heavy atom. The van der Waals surface area contributed by atoms with Gasteiger partial charge in [-0.25, -0.2) is 4.79 Å². The van der Waals surface area contributed by atoms with Crippen molar-refractivity contribution in [3.8, 4) is 0 Å². The number of urea groups is 1. The van der Waals surface area contributed by atoms with Crippen LogP contribution >= 0.6 is 0 Å². The summed E-state index contributed by atoms with van der Waals surface area (Å²) in [6, 6.07) is 3.46. The number of carbonyl (C=O) groups is 1. The molecule has 2 rings (SSSR count). The number of nitrogens with zero attached hydrogens (tertiary/aromatic N) is 1. The van der Waals surface area contributed by atoms with Crippen LogP contribution in [0.4, 0.5) is 10.7 Å². The highest BCUT2D eigenvalue weighted by molar-refractivity contribution is 5.87. The fourth-order valence-corrected chi connectivity index (χ4v) is 1.81. The minimum absolute atomic E-state index is 0.0492. The third-order valence-corrected chi connectivity index (χ3v) is 2.64. The zero-order valence-corrected chi connectivity index (χ0v) is 8.74. The fourth-order valence-electron chi connectivity index (χ4n) is 1.81. The molecule has 1 aromatic rings. The Morgan fingerprint density at radius 2 is 2.00 bits per heavy atom. The normalized spacial score (nSPS) is 17.2. The molecule has 0 spiro atoms. The summed E-state index contributed by atoms with van der Waals surface area (Å²) in [5.41, 5.74) is 0. The number of furan rings is 1. The first-order valence-corrected chi connectivity index (χ1v) is 5.46. The number of hydrogen-bond acceptors (Lipinski definition) is 2. The monoisotopic (exact) mass is 208 g/mol. The fraction of sp³-hybridized carbons (Fsp3) is 0.545. The maximum atomic E-state index is 11.8. The Labute approximate surface area is 89.2 Å². The number of nitrogens with one attached hydrogen (secondary N) is 1. The summed E-state index contributed by atoms with van der Waals surface area (Å²) in [5.74, 6) is 0.518. The maximum Gasteiger partial charge on any atom is 0.324 e. The van der Waals surface area contributed by atoms with E-state index < -0.39 is 0 Å². The van der Waals surface area contributed by atoms with E-state index in [2.05, 4.69) is 5.32 Å². The van der Waals surface area contributed by atoms with E-state index in [9.17, 15) is 4.79 Å². The quantitative estimate of drug-likeness (QED) is 0.771. The minimum Gasteiger partial charge on any atom is -0.449 e. The molecule has 1 fully saturated rings. The first kappa shape index (κ1) is 10.1. The lowest BCUT2D eigenvalue weighted by molar-refractivity contribution is 0.213. The van der Waals surface area contributed by atoms with E-state index in [-0.39, 0.29) is 6.03 Å². The Morgan fingerprint density at radius 1 is 1.27 bits per heavy atom. The van der Waals surface area contributed by atoms with Crippen LogP contribution in [-0.4, -0.2) is 24.0 Å². The van der Waals surface area contributed by atoms with Gasteiger partial charge in [0.05, 0.1) is 6.26 Å². The molecule has 0 atom stereocenters. The highest BCUT2D eigenvalue weighted by Crippen LogP contribution is 2.12. The van der Waals surface area contributed by atoms with Gasteiger partial charge in [0.2, 0.25) is 5.88 Å². The number of rotatable bonds is 1. The van der Waals surface area contributed by atoms with E-state index in [1.165, 1.54) is 12.8 Å². The number of carbonyl (C=O) groups excluding carboxylic acids is 1. The van der Waals surface area contributed by atoms with Crippen LogP contribution in [-0.2, 0) is 0 Å². The second kappa shape index (κ2) is 4.87. The van der Waals surface area contributed by atoms with Gasteiger partial charge in [-0.05, 0) is 18.9 Å². The first-order chi connectivity index (χ1) is 7.36. The van der Waals surface area contributed by atoms with Gasteiger partial charge in [0.1, 0.15) is 0 Å². The standard InChI is InChI=1S/C11H16N2O2/c14-11(12-10-6-5-9-15-10)13-7-3-1-2-4-8-13/h5-6,9H,1-4,7-8H2,(H,12,14). The van der Waals surface area contributed by atoms with E-state index in [1.54, 1.807) is 18.4 Å². The van der Waals surface area contributed by atoms with E-state index >= 15 is 0 Å². The molecule has 2 amide bonds. The highest BCUT2D eigenvalue weighted by Gasteiger charge is 2.15. The van der Waals surface area contributed by atoms with Crippen molar-refractivity contribution in [3.63, 3.8) is 0 Å². The molecular formula is C11H16N2O2. The van der Waals surface area contributed by atoms with Crippen molar-refractivity contribution in [2.45, 2.75) is 25.7 Å². The molecule has 2 heterocycles. The summed E-state index contributed by atoms with van der Waals surface area (Å²) in [6.45, 7) is 1.71. The molecule has 0 unspecified atom stereocenters. The van der Waals surface area contributed by atoms with Crippen molar-refractivity contribution in [3.05, 3.63) is 18.4 Å². The van der Waals surface area contributed by atoms with Gasteiger partial charge in [0, 0.05) is 19.2 Å². The van der Waals surface area contributed by atoms with Crippen LogP contribution in [0.25, 0.3) is 0 Å². The van der Waals surface area contributed by atoms with Gasteiger partial charge in [-0.2, -0.15) is 0 Å². The molecule has 1 aliphatic heterocycles. The van der Waals surface area contributed by atoms with Crippen LogP contribution in [0.1, 0.15) is 25.7 Å². The lowest BCUT2D eigenvalue weighted by Crippen LogP contribution is -2.35. The molecule has 4 heteroatoms. The molecule has 1 saturated heterocycles. The average Bonchev–Trinajstić information content (AvgIpc) is 2.58. The summed E-state index contributed by atoms with van der Waals surface area (Å²) >= 11 is 0. The van der Waals surface area contributed by atoms with Gasteiger partial charge < -0.3 is 9.32 Å². The smallest absolute Gasteiger partial charge is 0.324 e. The molecule has 1 aliphatic rings. The Bertz CT molecular complexity index is 300. The van der Waals surface area contributed by atoms with Crippen molar-refractivity contribution in [2.24, 2.45) is 0 Å². The Hall–Kier alpha value is -1.45. The molecule has 15 heavy (non-hydrogen) atoms. The first-order valence-electron chi connectivity index (χ1n) is 5.46. The Kier molecular flexibility index (Phi) is 3.27. The zero-order chi connectivity index (χ0) is 10.5. The highest BCUT2D eigenvalue weighted by atomic mass is 16.3. The van der Waals surface area contributed by atoms with Crippen LogP contribution in [0, 0.1) is 0 Å². The molecule has 0 aliphatic carbocycles. The predicted molar refractivity (Wildman–Crippen MR) is 57.8 cm³/mol. The summed E-state index contributed by atoms with van der Waals surface area (Å²) < 4.78 is 5.07. The lowest BCUT2D eigenvalue weighted by Gasteiger charge is -2.19. The van der Waals surface area contributed by atoms with E-state index in [1.807, 2.05) is 4.90 Å². The molecule has 0 radical (unpaired) electrons. The molecule has 0 saturated carbocycles. The lowest BCUT2D eigenvalue weighted by atomic mass is 10.2. The van der Waals surface area contributed by atoms with Crippen molar-refractivity contribution < 1.29 is 9.21 Å². The summed E-state index contributed by atoms with van der Waals surface area (Å²) in [4.78, 5) is 13.6. The SMILES string of the molecule is O=C(Nc1ccco1)N1CCCCCC1. The van der Waals surface area contributed by atoms with Gasteiger partial charge in [-0.1, -0.05) is 12.8 Å². The van der Waals surface area contributed by atoms with E-state index in [0.29, 0.717) is 5.88 Å². The van der Waals surface area contributed by atoms with Gasteiger partial charge in [0.15, 0.2) is 0 Å². The van der Waals surface area contributed by atoms with Crippen LogP contribution in [0.3, 0.4) is 0 Å². The topological polar surface area (TPSA) is 45.5 Å². The molecule has 0 aromatic carbocycles. The predicted octanol–water partition coefficient (Wildman–Crippen LogP) is 2.69. The molecule has 1 N–H and O–H groups in total. The molecule has 1 aromatic heterocycles. The van der Waals surface area contributed by atoms with Gasteiger partial charge >= 0.3 is 6.03 Å². The van der Waals surface area contributed by atoms with Gasteiger partial charge in [-0.15, -0.1) is 0 Å². The van der Waals surface area contributed by atoms with Crippen molar-refractivity contribution in [1.82, 2.24) is 4.90 Å². The average molecular weight is 208 g/mol. The van der Waals surface area contributed by atoms with Crippen molar-refractivity contribution in [1.29, 1.82) is 0 Å². The van der Waals surface area contributed by atoms with E-state index in [0.717, 1.165) is 25.9 Å². The van der Waals surface area contributed by atoms with Crippen molar-refractivity contribution >= 4 is 11.9 Å². The summed E-state index contributed by atoms with van der Waals surface area (Å²) in [5, 5.41) is 2.74. The summed E-state index contributed by atoms with van der Waals surface area (Å²) in [7, 11) is 0. The summed E-state index contributed by atoms with van der Waals surface area (Å²) in [6.07, 6.45) is 6.21. The number of amides is 2. The maximum absolute atomic E-state index is 11.8. The van der Waals surface area contributed by atoms with Gasteiger partial charge in [-0.3, -0.25) is 5.32 Å². The second-order valence-electron chi connectivity index (χ2n) is 3.81. The molecule has 4 nitrogen and oxygen atoms in total. The number of hydrogen-bond donors (Lipinski definition) is 1. The van der Waals surface area contributed by atoms with Crippen LogP contribution in [0.5, 0.6) is 0 Å². The molecule has 82 valence electrons. The Balaban J connectivity index is 1.89. The zero-order valence-electron chi connectivity index (χ0n) is 8.74. The largest absolute Gasteiger partial charge is 0.449 e. The second-order valence-corrected chi connectivity index (χ2v) is 3.81.